The van der Waals surface area contributed by atoms with Gasteiger partial charge in [-0.1, -0.05) is 36.4 Å². The smallest absolute Gasteiger partial charge is 0.262 e. The number of carbonyl (C=O) groups is 4. The number of nitrogens with zero attached hydrogens (tertiary/aromatic N) is 3. The van der Waals surface area contributed by atoms with E-state index in [0.717, 1.165) is 96.8 Å². The maximum atomic E-state index is 13.4. The molecule has 4 aliphatic heterocycles. The quantitative estimate of drug-likeness (QED) is 0.0754. The Hall–Kier alpha value is -5.65. The number of rotatable bonds is 11. The minimum Gasteiger partial charge on any atom is -0.508 e. The van der Waals surface area contributed by atoms with Crippen molar-refractivity contribution in [1.82, 2.24) is 15.5 Å². The number of amides is 4. The second-order valence-electron chi connectivity index (χ2n) is 15.7. The van der Waals surface area contributed by atoms with E-state index in [-0.39, 0.29) is 24.3 Å². The Bertz CT molecular complexity index is 2220. The van der Waals surface area contributed by atoms with E-state index >= 15 is 0 Å². The van der Waals surface area contributed by atoms with Gasteiger partial charge >= 0.3 is 0 Å². The standard InChI is InChI=1S/C46H48ClN5O6/c47-22-19-38(30-5-12-36(53)13-6-30)43(32-7-14-37(54)15-8-32)31-3-9-34(10-4-31)50-24-20-29(21-25-50)27-48-33-2-1-23-51(28-33)35-11-16-39-40(26-35)46(58)52(45(39)57)41-17-18-42(55)49-44(41)56/h3-16,26,29,33,41,48,53-54H,1-2,17-25,27-28H2,(H,49,55,56). The van der Waals surface area contributed by atoms with E-state index in [1.54, 1.807) is 36.4 Å². The summed E-state index contributed by atoms with van der Waals surface area (Å²) in [5, 5.41) is 26.1. The Balaban J connectivity index is 0.876. The summed E-state index contributed by atoms with van der Waals surface area (Å²) in [5.41, 5.74) is 7.80. The zero-order chi connectivity index (χ0) is 40.3. The first kappa shape index (κ1) is 39.2. The Morgan fingerprint density at radius 3 is 1.98 bits per heavy atom. The third kappa shape index (κ3) is 8.19. The number of phenols is 2. The number of phenolic OH excluding ortho intramolecular Hbond substituents is 2. The van der Waals surface area contributed by atoms with Crippen molar-refractivity contribution in [3.05, 3.63) is 119 Å². The van der Waals surface area contributed by atoms with Crippen molar-refractivity contribution >= 4 is 57.8 Å². The van der Waals surface area contributed by atoms with Crippen LogP contribution in [-0.2, 0) is 9.59 Å². The topological polar surface area (TPSA) is 143 Å². The van der Waals surface area contributed by atoms with Crippen LogP contribution in [0.5, 0.6) is 11.5 Å². The van der Waals surface area contributed by atoms with Gasteiger partial charge in [-0.3, -0.25) is 29.4 Å². The summed E-state index contributed by atoms with van der Waals surface area (Å²) in [4.78, 5) is 56.5. The van der Waals surface area contributed by atoms with E-state index < -0.39 is 29.7 Å². The number of imide groups is 2. The van der Waals surface area contributed by atoms with Crippen molar-refractivity contribution in [2.45, 2.75) is 57.0 Å². The third-order valence-electron chi connectivity index (χ3n) is 12.1. The van der Waals surface area contributed by atoms with Crippen LogP contribution in [0.3, 0.4) is 0 Å². The molecule has 4 aliphatic rings. The molecule has 12 heteroatoms. The first-order valence-electron chi connectivity index (χ1n) is 20.2. The monoisotopic (exact) mass is 801 g/mol. The average Bonchev–Trinajstić information content (AvgIpc) is 3.49. The van der Waals surface area contributed by atoms with Gasteiger partial charge in [-0.2, -0.15) is 0 Å². The van der Waals surface area contributed by atoms with E-state index in [9.17, 15) is 29.4 Å². The summed E-state index contributed by atoms with van der Waals surface area (Å²) < 4.78 is 0. The fourth-order valence-corrected chi connectivity index (χ4v) is 9.10. The van der Waals surface area contributed by atoms with Gasteiger partial charge in [0.25, 0.3) is 11.8 Å². The summed E-state index contributed by atoms with van der Waals surface area (Å²) >= 11 is 6.34. The molecule has 0 bridgehead atoms. The highest BCUT2D eigenvalue weighted by atomic mass is 35.5. The average molecular weight is 802 g/mol. The van der Waals surface area contributed by atoms with Gasteiger partial charge in [-0.25, -0.2) is 0 Å². The molecular weight excluding hydrogens is 754 g/mol. The number of anilines is 2. The highest BCUT2D eigenvalue weighted by Crippen LogP contribution is 2.37. The fraction of sp³-hybridized carbons (Fsp3) is 0.348. The lowest BCUT2D eigenvalue weighted by Crippen LogP contribution is -2.54. The predicted molar refractivity (Wildman–Crippen MR) is 225 cm³/mol. The number of piperidine rings is 3. The number of benzene rings is 4. The molecule has 2 atom stereocenters. The summed E-state index contributed by atoms with van der Waals surface area (Å²) in [6, 6.07) is 27.9. The van der Waals surface area contributed by atoms with Crippen LogP contribution in [-0.4, -0.2) is 89.4 Å². The number of carbonyl (C=O) groups excluding carboxylic acids is 4. The van der Waals surface area contributed by atoms with Gasteiger partial charge in [0.1, 0.15) is 17.5 Å². The first-order chi connectivity index (χ1) is 28.2. The fourth-order valence-electron chi connectivity index (χ4n) is 8.92. The van der Waals surface area contributed by atoms with Crippen LogP contribution in [0.15, 0.2) is 91.0 Å². The molecule has 3 saturated heterocycles. The molecule has 300 valence electrons. The highest BCUT2D eigenvalue weighted by molar-refractivity contribution is 6.23. The number of halogens is 1. The summed E-state index contributed by atoms with van der Waals surface area (Å²) in [7, 11) is 0. The molecule has 58 heavy (non-hydrogen) atoms. The van der Waals surface area contributed by atoms with E-state index in [2.05, 4.69) is 44.7 Å². The van der Waals surface area contributed by atoms with Gasteiger partial charge in [0.2, 0.25) is 11.8 Å². The number of hydrogen-bond donors (Lipinski definition) is 4. The maximum Gasteiger partial charge on any atom is 0.262 e. The van der Waals surface area contributed by atoms with Crippen molar-refractivity contribution < 1.29 is 29.4 Å². The normalized spacial score (nSPS) is 20.6. The minimum absolute atomic E-state index is 0.0913. The number of fused-ring (bicyclic) bond motifs is 1. The van der Waals surface area contributed by atoms with Crippen LogP contribution in [0, 0.1) is 5.92 Å². The van der Waals surface area contributed by atoms with Gasteiger partial charge in [-0.05, 0) is 133 Å². The van der Waals surface area contributed by atoms with E-state index in [1.165, 1.54) is 5.69 Å². The number of allylic oxidation sites excluding steroid dienone is 1. The van der Waals surface area contributed by atoms with E-state index in [4.69, 9.17) is 11.6 Å². The minimum atomic E-state index is -0.976. The summed E-state index contributed by atoms with van der Waals surface area (Å²) in [6.07, 6.45) is 5.08. The molecule has 0 aromatic heterocycles. The second-order valence-corrected chi connectivity index (χ2v) is 16.1. The zero-order valence-corrected chi connectivity index (χ0v) is 33.1. The van der Waals surface area contributed by atoms with E-state index in [1.807, 2.05) is 30.3 Å². The summed E-state index contributed by atoms with van der Waals surface area (Å²) in [6.45, 7) is 4.51. The van der Waals surface area contributed by atoms with Crippen LogP contribution >= 0.6 is 11.6 Å². The molecule has 4 heterocycles. The van der Waals surface area contributed by atoms with Gasteiger partial charge in [0.15, 0.2) is 0 Å². The molecule has 11 nitrogen and oxygen atoms in total. The van der Waals surface area contributed by atoms with Gasteiger partial charge in [-0.15, -0.1) is 11.6 Å². The third-order valence-corrected chi connectivity index (χ3v) is 12.2. The second kappa shape index (κ2) is 17.1. The highest BCUT2D eigenvalue weighted by Gasteiger charge is 2.45. The van der Waals surface area contributed by atoms with Crippen molar-refractivity contribution in [2.24, 2.45) is 5.92 Å². The largest absolute Gasteiger partial charge is 0.508 e. The van der Waals surface area contributed by atoms with Crippen molar-refractivity contribution in [1.29, 1.82) is 0 Å². The van der Waals surface area contributed by atoms with Gasteiger partial charge in [0, 0.05) is 55.9 Å². The van der Waals surface area contributed by atoms with Gasteiger partial charge < -0.3 is 25.3 Å². The van der Waals surface area contributed by atoms with E-state index in [0.29, 0.717) is 35.4 Å². The lowest BCUT2D eigenvalue weighted by molar-refractivity contribution is -0.136. The Labute approximate surface area is 343 Å². The molecule has 4 amide bonds. The molecule has 8 rings (SSSR count). The van der Waals surface area contributed by atoms with Crippen LogP contribution in [0.1, 0.15) is 82.4 Å². The molecular formula is C46H48ClN5O6. The van der Waals surface area contributed by atoms with Crippen LogP contribution in [0.2, 0.25) is 0 Å². The summed E-state index contributed by atoms with van der Waals surface area (Å²) in [5.74, 6) is -0.561. The molecule has 2 unspecified atom stereocenters. The van der Waals surface area contributed by atoms with Crippen molar-refractivity contribution in [2.75, 3.05) is 48.4 Å². The lowest BCUT2D eigenvalue weighted by atomic mass is 9.88. The van der Waals surface area contributed by atoms with Crippen LogP contribution in [0.25, 0.3) is 11.1 Å². The van der Waals surface area contributed by atoms with Crippen molar-refractivity contribution in [3.63, 3.8) is 0 Å². The number of aromatic hydroxyl groups is 2. The Morgan fingerprint density at radius 2 is 1.33 bits per heavy atom. The molecule has 3 fully saturated rings. The molecule has 4 aromatic carbocycles. The molecule has 4 N–H and O–H groups in total. The van der Waals surface area contributed by atoms with Gasteiger partial charge in [0.05, 0.1) is 11.1 Å². The molecule has 0 radical (unpaired) electrons. The van der Waals surface area contributed by atoms with Crippen LogP contribution < -0.4 is 20.4 Å². The number of alkyl halides is 1. The molecule has 0 saturated carbocycles. The predicted octanol–water partition coefficient (Wildman–Crippen LogP) is 6.56. The molecule has 4 aromatic rings. The maximum absolute atomic E-state index is 13.4. The van der Waals surface area contributed by atoms with Crippen molar-refractivity contribution in [3.8, 4) is 11.5 Å². The number of nitrogens with one attached hydrogen (secondary N) is 2. The first-order valence-corrected chi connectivity index (χ1v) is 20.8. The molecule has 0 aliphatic carbocycles. The number of hydrogen-bond acceptors (Lipinski definition) is 9. The Kier molecular flexibility index (Phi) is 11.5. The van der Waals surface area contributed by atoms with Crippen LogP contribution in [0.4, 0.5) is 11.4 Å². The SMILES string of the molecule is O=C1CCC(N2C(=O)c3ccc(N4CCCC(NCC5CCN(c6ccc(C(=C(CCCl)c7ccc(O)cc7)c7ccc(O)cc7)cc6)CC5)C4)cc3C2=O)C(=O)N1. The Morgan fingerprint density at radius 1 is 0.707 bits per heavy atom. The lowest BCUT2D eigenvalue weighted by Gasteiger charge is -2.37. The molecule has 0 spiro atoms. The zero-order valence-electron chi connectivity index (χ0n) is 32.3.